The molecular formula is C12H22N2O2. The van der Waals surface area contributed by atoms with Gasteiger partial charge >= 0.3 is 0 Å². The van der Waals surface area contributed by atoms with E-state index in [1.807, 2.05) is 24.6 Å². The van der Waals surface area contributed by atoms with Crippen LogP contribution >= 0.6 is 0 Å². The molecule has 1 rings (SSSR count). The molecule has 4 heteroatoms. The van der Waals surface area contributed by atoms with Crippen LogP contribution in [0.15, 0.2) is 6.07 Å². The third-order valence-electron chi connectivity index (χ3n) is 2.79. The minimum atomic E-state index is -0.374. The summed E-state index contributed by atoms with van der Waals surface area (Å²) < 4.78 is 6.98. The molecule has 92 valence electrons. The van der Waals surface area contributed by atoms with E-state index in [9.17, 15) is 5.11 Å². The second-order valence-electron chi connectivity index (χ2n) is 4.30. The van der Waals surface area contributed by atoms with Gasteiger partial charge in [-0.3, -0.25) is 4.68 Å². The van der Waals surface area contributed by atoms with E-state index in [-0.39, 0.29) is 12.0 Å². The van der Waals surface area contributed by atoms with Crippen molar-refractivity contribution in [3.8, 4) is 0 Å². The molecule has 16 heavy (non-hydrogen) atoms. The summed E-state index contributed by atoms with van der Waals surface area (Å²) in [7, 11) is 1.66. The number of aliphatic hydroxyl groups is 1. The monoisotopic (exact) mass is 226 g/mol. The summed E-state index contributed by atoms with van der Waals surface area (Å²) in [5, 5.41) is 14.4. The van der Waals surface area contributed by atoms with Crippen LogP contribution in [0.2, 0.25) is 0 Å². The van der Waals surface area contributed by atoms with Gasteiger partial charge in [-0.25, -0.2) is 0 Å². The highest BCUT2D eigenvalue weighted by molar-refractivity contribution is 5.10. The number of nitrogens with zero attached hydrogens (tertiary/aromatic N) is 2. The standard InChI is InChI=1S/C12H22N2O2/c1-5-14-11(6-10(3)13-14)7-12(15)9(2)8-16-4/h6,9,12,15H,5,7-8H2,1-4H3. The number of rotatable bonds is 6. The molecule has 0 saturated heterocycles. The van der Waals surface area contributed by atoms with Crippen LogP contribution in [0.25, 0.3) is 0 Å². The summed E-state index contributed by atoms with van der Waals surface area (Å²) >= 11 is 0. The Morgan fingerprint density at radius 1 is 1.56 bits per heavy atom. The number of methoxy groups -OCH3 is 1. The first-order chi connectivity index (χ1) is 7.58. The van der Waals surface area contributed by atoms with Gasteiger partial charge in [0.15, 0.2) is 0 Å². The van der Waals surface area contributed by atoms with Crippen molar-refractivity contribution >= 4 is 0 Å². The topological polar surface area (TPSA) is 47.3 Å². The Balaban J connectivity index is 2.64. The fourth-order valence-corrected chi connectivity index (χ4v) is 1.83. The van der Waals surface area contributed by atoms with Crippen LogP contribution in [-0.2, 0) is 17.7 Å². The van der Waals surface area contributed by atoms with E-state index in [1.54, 1.807) is 7.11 Å². The smallest absolute Gasteiger partial charge is 0.0642 e. The Bertz CT molecular complexity index is 323. The van der Waals surface area contributed by atoms with E-state index in [4.69, 9.17) is 4.74 Å². The lowest BCUT2D eigenvalue weighted by atomic mass is 10.0. The van der Waals surface area contributed by atoms with Gasteiger partial charge in [0.1, 0.15) is 0 Å². The van der Waals surface area contributed by atoms with Crippen molar-refractivity contribution in [3.05, 3.63) is 17.5 Å². The number of hydrogen-bond donors (Lipinski definition) is 1. The van der Waals surface area contributed by atoms with E-state index in [0.717, 1.165) is 17.9 Å². The van der Waals surface area contributed by atoms with E-state index >= 15 is 0 Å². The number of aromatic nitrogens is 2. The zero-order valence-electron chi connectivity index (χ0n) is 10.6. The van der Waals surface area contributed by atoms with Gasteiger partial charge in [0.25, 0.3) is 0 Å². The van der Waals surface area contributed by atoms with Crippen LogP contribution in [0.1, 0.15) is 25.2 Å². The average Bonchev–Trinajstić information content (AvgIpc) is 2.59. The van der Waals surface area contributed by atoms with Crippen molar-refractivity contribution in [3.63, 3.8) is 0 Å². The van der Waals surface area contributed by atoms with E-state index < -0.39 is 0 Å². The first-order valence-corrected chi connectivity index (χ1v) is 5.78. The average molecular weight is 226 g/mol. The summed E-state index contributed by atoms with van der Waals surface area (Å²) in [6.45, 7) is 7.45. The fraction of sp³-hybridized carbons (Fsp3) is 0.750. The molecule has 1 N–H and O–H groups in total. The van der Waals surface area contributed by atoms with Gasteiger partial charge in [0.05, 0.1) is 18.4 Å². The Labute approximate surface area is 97.2 Å². The molecule has 0 aliphatic rings. The maximum Gasteiger partial charge on any atom is 0.0642 e. The van der Waals surface area contributed by atoms with Crippen molar-refractivity contribution in [2.45, 2.75) is 39.8 Å². The maximum atomic E-state index is 10.0. The molecule has 4 nitrogen and oxygen atoms in total. The predicted octanol–water partition coefficient (Wildman–Crippen LogP) is 1.40. The second-order valence-corrected chi connectivity index (χ2v) is 4.30. The van der Waals surface area contributed by atoms with Gasteiger partial charge in [-0.15, -0.1) is 0 Å². The first-order valence-electron chi connectivity index (χ1n) is 5.78. The number of aryl methyl sites for hydroxylation is 2. The molecule has 1 heterocycles. The Kier molecular flexibility index (Phi) is 4.96. The fourth-order valence-electron chi connectivity index (χ4n) is 1.83. The minimum Gasteiger partial charge on any atom is -0.392 e. The molecule has 0 radical (unpaired) electrons. The van der Waals surface area contributed by atoms with Crippen molar-refractivity contribution in [2.24, 2.45) is 5.92 Å². The quantitative estimate of drug-likeness (QED) is 0.797. The van der Waals surface area contributed by atoms with Crippen molar-refractivity contribution in [2.75, 3.05) is 13.7 Å². The van der Waals surface area contributed by atoms with Gasteiger partial charge in [0, 0.05) is 31.7 Å². The zero-order valence-corrected chi connectivity index (χ0v) is 10.6. The molecule has 0 aromatic carbocycles. The van der Waals surface area contributed by atoms with Crippen LogP contribution in [0.5, 0.6) is 0 Å². The van der Waals surface area contributed by atoms with Crippen LogP contribution < -0.4 is 0 Å². The molecule has 1 aromatic rings. The van der Waals surface area contributed by atoms with Gasteiger partial charge in [-0.1, -0.05) is 6.92 Å². The highest BCUT2D eigenvalue weighted by atomic mass is 16.5. The van der Waals surface area contributed by atoms with Gasteiger partial charge in [-0.2, -0.15) is 5.10 Å². The highest BCUT2D eigenvalue weighted by Crippen LogP contribution is 2.12. The van der Waals surface area contributed by atoms with Crippen LogP contribution in [-0.4, -0.2) is 34.7 Å². The number of ether oxygens (including phenoxy) is 1. The molecule has 0 spiro atoms. The summed E-state index contributed by atoms with van der Waals surface area (Å²) in [4.78, 5) is 0. The Hall–Kier alpha value is -0.870. The molecule has 0 amide bonds. The minimum absolute atomic E-state index is 0.144. The van der Waals surface area contributed by atoms with Crippen LogP contribution in [0, 0.1) is 12.8 Å². The van der Waals surface area contributed by atoms with Crippen molar-refractivity contribution < 1.29 is 9.84 Å². The van der Waals surface area contributed by atoms with Crippen molar-refractivity contribution in [1.29, 1.82) is 0 Å². The van der Waals surface area contributed by atoms with Crippen molar-refractivity contribution in [1.82, 2.24) is 9.78 Å². The molecule has 2 unspecified atom stereocenters. The SMILES string of the molecule is CCn1nc(C)cc1CC(O)C(C)COC. The van der Waals surface area contributed by atoms with E-state index in [0.29, 0.717) is 13.0 Å². The molecule has 0 aliphatic heterocycles. The van der Waals surface area contributed by atoms with Gasteiger partial charge < -0.3 is 9.84 Å². The second kappa shape index (κ2) is 6.01. The molecular weight excluding hydrogens is 204 g/mol. The van der Waals surface area contributed by atoms with Crippen LogP contribution in [0.4, 0.5) is 0 Å². The van der Waals surface area contributed by atoms with Gasteiger partial charge in [-0.05, 0) is 19.9 Å². The van der Waals surface area contributed by atoms with E-state index in [2.05, 4.69) is 12.0 Å². The summed E-state index contributed by atoms with van der Waals surface area (Å²) in [6.07, 6.45) is 0.264. The number of aliphatic hydroxyl groups excluding tert-OH is 1. The molecule has 0 bridgehead atoms. The lowest BCUT2D eigenvalue weighted by molar-refractivity contribution is 0.0562. The Morgan fingerprint density at radius 2 is 2.25 bits per heavy atom. The summed E-state index contributed by atoms with van der Waals surface area (Å²) in [5.41, 5.74) is 2.10. The third kappa shape index (κ3) is 3.32. The van der Waals surface area contributed by atoms with Crippen LogP contribution in [0.3, 0.4) is 0 Å². The largest absolute Gasteiger partial charge is 0.392 e. The summed E-state index contributed by atoms with van der Waals surface area (Å²) in [6, 6.07) is 2.03. The summed E-state index contributed by atoms with van der Waals surface area (Å²) in [5.74, 6) is 0.144. The van der Waals surface area contributed by atoms with Gasteiger partial charge in [0.2, 0.25) is 0 Å². The molecule has 0 aliphatic carbocycles. The molecule has 1 aromatic heterocycles. The maximum absolute atomic E-state index is 10.0. The third-order valence-corrected chi connectivity index (χ3v) is 2.79. The molecule has 0 saturated carbocycles. The highest BCUT2D eigenvalue weighted by Gasteiger charge is 2.17. The lowest BCUT2D eigenvalue weighted by Gasteiger charge is -2.18. The Morgan fingerprint density at radius 3 is 2.81 bits per heavy atom. The first kappa shape index (κ1) is 13.2. The number of hydrogen-bond acceptors (Lipinski definition) is 3. The lowest BCUT2D eigenvalue weighted by Crippen LogP contribution is -2.25. The molecule has 0 fully saturated rings. The zero-order chi connectivity index (χ0) is 12.1. The van der Waals surface area contributed by atoms with E-state index in [1.165, 1.54) is 0 Å². The molecule has 2 atom stereocenters. The normalized spacial score (nSPS) is 15.1. The predicted molar refractivity (Wildman–Crippen MR) is 63.4 cm³/mol.